The van der Waals surface area contributed by atoms with Crippen LogP contribution in [0.25, 0.3) is 5.69 Å². The largest absolute Gasteiger partial charge is 0.416 e. The number of nitrogens with one attached hydrogen (secondary N) is 1. The van der Waals surface area contributed by atoms with Gasteiger partial charge in [-0.25, -0.2) is 0 Å². The number of benzene rings is 2. The number of hydrogen-bond acceptors (Lipinski definition) is 2. The summed E-state index contributed by atoms with van der Waals surface area (Å²) in [7, 11) is 1.46. The zero-order valence-corrected chi connectivity index (χ0v) is 15.1. The van der Waals surface area contributed by atoms with Crippen LogP contribution in [0.1, 0.15) is 21.6 Å². The van der Waals surface area contributed by atoms with Crippen molar-refractivity contribution in [3.63, 3.8) is 0 Å². The van der Waals surface area contributed by atoms with E-state index in [1.807, 2.05) is 18.2 Å². The highest BCUT2D eigenvalue weighted by molar-refractivity contribution is 7.71. The number of para-hydroxylation sites is 1. The van der Waals surface area contributed by atoms with Crippen molar-refractivity contribution in [2.75, 3.05) is 7.05 Å². The van der Waals surface area contributed by atoms with E-state index in [-0.39, 0.29) is 17.8 Å². The van der Waals surface area contributed by atoms with Crippen LogP contribution in [-0.4, -0.2) is 27.4 Å². The van der Waals surface area contributed by atoms with Gasteiger partial charge in [0.15, 0.2) is 4.77 Å². The maximum absolute atomic E-state index is 13.2. The molecule has 2 aromatic carbocycles. The maximum Gasteiger partial charge on any atom is 0.416 e. The van der Waals surface area contributed by atoms with Crippen molar-refractivity contribution in [2.24, 2.45) is 0 Å². The molecule has 1 heterocycles. The lowest BCUT2D eigenvalue weighted by molar-refractivity contribution is -0.138. The molecule has 1 amide bonds. The number of hydrogen-bond donors (Lipinski definition) is 1. The number of alkyl halides is 3. The van der Waals surface area contributed by atoms with Gasteiger partial charge in [-0.15, -0.1) is 0 Å². The summed E-state index contributed by atoms with van der Waals surface area (Å²) >= 11 is 5.25. The molecule has 0 aliphatic rings. The van der Waals surface area contributed by atoms with E-state index in [1.54, 1.807) is 16.7 Å². The molecule has 1 aromatic heterocycles. The molecule has 0 saturated heterocycles. The number of nitrogens with zero attached hydrogens (tertiary/aromatic N) is 2. The van der Waals surface area contributed by atoms with Crippen molar-refractivity contribution < 1.29 is 18.0 Å². The van der Waals surface area contributed by atoms with E-state index in [4.69, 9.17) is 12.2 Å². The summed E-state index contributed by atoms with van der Waals surface area (Å²) in [4.78, 5) is 16.9. The smallest absolute Gasteiger partial charge is 0.336 e. The average molecular weight is 391 g/mol. The summed E-state index contributed by atoms with van der Waals surface area (Å²) < 4.78 is 41.4. The number of H-pyrrole nitrogens is 1. The quantitative estimate of drug-likeness (QED) is 0.648. The van der Waals surface area contributed by atoms with Gasteiger partial charge in [-0.2, -0.15) is 13.2 Å². The summed E-state index contributed by atoms with van der Waals surface area (Å²) in [6.45, 7) is -0.179. The SMILES string of the molecule is CN(Cc1ccccc1C(F)(F)F)C(=O)c1c[nH]c(=S)n1-c1ccccc1. The van der Waals surface area contributed by atoms with Crippen LogP contribution >= 0.6 is 12.2 Å². The second kappa shape index (κ2) is 7.40. The number of carbonyl (C=O) groups is 1. The fraction of sp³-hybridized carbons (Fsp3) is 0.158. The Morgan fingerprint density at radius 3 is 2.41 bits per heavy atom. The molecule has 0 bridgehead atoms. The normalized spacial score (nSPS) is 11.4. The molecular formula is C19H16F3N3OS. The molecule has 0 radical (unpaired) electrons. The molecular weight excluding hydrogens is 375 g/mol. The van der Waals surface area contributed by atoms with Crippen LogP contribution in [0, 0.1) is 4.77 Å². The van der Waals surface area contributed by atoms with Gasteiger partial charge in [0.25, 0.3) is 5.91 Å². The Labute approximate surface area is 158 Å². The van der Waals surface area contributed by atoms with E-state index in [0.29, 0.717) is 10.5 Å². The van der Waals surface area contributed by atoms with Gasteiger partial charge in [-0.3, -0.25) is 9.36 Å². The third-order valence-electron chi connectivity index (χ3n) is 4.09. The van der Waals surface area contributed by atoms with Gasteiger partial charge in [0.05, 0.1) is 5.56 Å². The Balaban J connectivity index is 1.92. The number of carbonyl (C=O) groups excluding carboxylic acids is 1. The summed E-state index contributed by atoms with van der Waals surface area (Å²) in [6.07, 6.45) is -3.02. The first kappa shape index (κ1) is 18.9. The van der Waals surface area contributed by atoms with Crippen LogP contribution in [0.4, 0.5) is 13.2 Å². The molecule has 0 spiro atoms. The molecule has 0 saturated carbocycles. The third kappa shape index (κ3) is 3.95. The first-order valence-corrected chi connectivity index (χ1v) is 8.46. The molecule has 0 aliphatic heterocycles. The van der Waals surface area contributed by atoms with Crippen LogP contribution < -0.4 is 0 Å². The molecule has 4 nitrogen and oxygen atoms in total. The van der Waals surface area contributed by atoms with Gasteiger partial charge in [-0.1, -0.05) is 36.4 Å². The van der Waals surface area contributed by atoms with Crippen LogP contribution in [0.2, 0.25) is 0 Å². The van der Waals surface area contributed by atoms with Crippen LogP contribution in [0.3, 0.4) is 0 Å². The second-order valence-corrected chi connectivity index (χ2v) is 6.35. The second-order valence-electron chi connectivity index (χ2n) is 5.97. The maximum atomic E-state index is 13.2. The summed E-state index contributed by atoms with van der Waals surface area (Å²) in [6, 6.07) is 14.3. The third-order valence-corrected chi connectivity index (χ3v) is 4.39. The number of rotatable bonds is 4. The lowest BCUT2D eigenvalue weighted by Gasteiger charge is -2.20. The summed E-state index contributed by atoms with van der Waals surface area (Å²) in [5, 5.41) is 0. The topological polar surface area (TPSA) is 41.0 Å². The number of aromatic nitrogens is 2. The van der Waals surface area contributed by atoms with Crippen LogP contribution in [0.5, 0.6) is 0 Å². The molecule has 0 fully saturated rings. The van der Waals surface area contributed by atoms with Crippen molar-refractivity contribution in [1.82, 2.24) is 14.5 Å². The van der Waals surface area contributed by atoms with Crippen molar-refractivity contribution in [1.29, 1.82) is 0 Å². The average Bonchev–Trinajstić information content (AvgIpc) is 3.02. The zero-order chi connectivity index (χ0) is 19.6. The molecule has 1 N–H and O–H groups in total. The van der Waals surface area contributed by atoms with Gasteiger partial charge >= 0.3 is 6.18 Å². The number of aromatic amines is 1. The monoisotopic (exact) mass is 391 g/mol. The lowest BCUT2D eigenvalue weighted by atomic mass is 10.1. The van der Waals surface area contributed by atoms with Crippen molar-refractivity contribution in [3.8, 4) is 5.69 Å². The van der Waals surface area contributed by atoms with E-state index < -0.39 is 17.6 Å². The van der Waals surface area contributed by atoms with Gasteiger partial charge in [0.1, 0.15) is 5.69 Å². The van der Waals surface area contributed by atoms with Gasteiger partial charge < -0.3 is 9.88 Å². The molecule has 0 unspecified atom stereocenters. The minimum atomic E-state index is -4.48. The lowest BCUT2D eigenvalue weighted by Crippen LogP contribution is -2.29. The van der Waals surface area contributed by atoms with Crippen molar-refractivity contribution in [3.05, 3.63) is 82.4 Å². The summed E-state index contributed by atoms with van der Waals surface area (Å²) in [5.74, 6) is -0.441. The molecule has 0 aliphatic carbocycles. The number of imidazole rings is 1. The van der Waals surface area contributed by atoms with Crippen LogP contribution in [-0.2, 0) is 12.7 Å². The van der Waals surface area contributed by atoms with E-state index in [2.05, 4.69) is 4.98 Å². The number of amides is 1. The van der Waals surface area contributed by atoms with Crippen LogP contribution in [0.15, 0.2) is 60.8 Å². The Morgan fingerprint density at radius 2 is 1.74 bits per heavy atom. The Morgan fingerprint density at radius 1 is 1.11 bits per heavy atom. The predicted octanol–water partition coefficient (Wildman–Crippen LogP) is 4.83. The Bertz CT molecular complexity index is 1010. The van der Waals surface area contributed by atoms with Crippen molar-refractivity contribution in [2.45, 2.75) is 12.7 Å². The van der Waals surface area contributed by atoms with E-state index in [9.17, 15) is 18.0 Å². The molecule has 0 atom stereocenters. The highest BCUT2D eigenvalue weighted by Gasteiger charge is 2.33. The zero-order valence-electron chi connectivity index (χ0n) is 14.3. The van der Waals surface area contributed by atoms with E-state index in [0.717, 1.165) is 6.07 Å². The Hall–Kier alpha value is -2.87. The van der Waals surface area contributed by atoms with Crippen molar-refractivity contribution >= 4 is 18.1 Å². The highest BCUT2D eigenvalue weighted by atomic mass is 32.1. The standard InChI is InChI=1S/C19H16F3N3OS/c1-24(12-13-7-5-6-10-15(13)19(20,21)22)17(26)16-11-23-18(27)25(16)14-8-3-2-4-9-14/h2-11H,12H2,1H3,(H,23,27). The first-order valence-electron chi connectivity index (χ1n) is 8.05. The molecule has 3 aromatic rings. The Kier molecular flexibility index (Phi) is 5.18. The number of halogens is 3. The summed E-state index contributed by atoms with van der Waals surface area (Å²) in [5.41, 5.74) is 0.217. The minimum absolute atomic E-state index is 0.0289. The molecule has 140 valence electrons. The molecule has 3 rings (SSSR count). The minimum Gasteiger partial charge on any atom is -0.336 e. The fourth-order valence-corrected chi connectivity index (χ4v) is 3.08. The van der Waals surface area contributed by atoms with E-state index >= 15 is 0 Å². The highest BCUT2D eigenvalue weighted by Crippen LogP contribution is 2.32. The predicted molar refractivity (Wildman–Crippen MR) is 98.2 cm³/mol. The van der Waals surface area contributed by atoms with E-state index in [1.165, 1.54) is 36.3 Å². The van der Waals surface area contributed by atoms with Gasteiger partial charge in [0, 0.05) is 25.5 Å². The fourth-order valence-electron chi connectivity index (χ4n) is 2.82. The first-order chi connectivity index (χ1) is 12.8. The molecule has 27 heavy (non-hydrogen) atoms. The van der Waals surface area contributed by atoms with Gasteiger partial charge in [-0.05, 0) is 36.0 Å². The van der Waals surface area contributed by atoms with Gasteiger partial charge in [0.2, 0.25) is 0 Å². The molecule has 8 heteroatoms.